The first-order valence-electron chi connectivity index (χ1n) is 12.0. The lowest BCUT2D eigenvalue weighted by atomic mass is 10.2. The van der Waals surface area contributed by atoms with Crippen LogP contribution in [0.15, 0.2) is 47.4 Å². The zero-order valence-corrected chi connectivity index (χ0v) is 21.8. The van der Waals surface area contributed by atoms with Crippen LogP contribution in [0.3, 0.4) is 0 Å². The molecule has 1 aromatic heterocycles. The number of nitro benzene ring substituents is 1. The van der Waals surface area contributed by atoms with Crippen molar-refractivity contribution >= 4 is 21.6 Å². The van der Waals surface area contributed by atoms with Crippen molar-refractivity contribution in [3.8, 4) is 17.3 Å². The predicted octanol–water partition coefficient (Wildman–Crippen LogP) is 4.16. The summed E-state index contributed by atoms with van der Waals surface area (Å²) in [7, 11) is -4.18. The van der Waals surface area contributed by atoms with Gasteiger partial charge in [-0.1, -0.05) is 24.6 Å². The lowest BCUT2D eigenvalue weighted by Gasteiger charge is -2.16. The standard InChI is InChI=1S/C25H29N5O6S/c1-5-16(3)28-37(34,35)22-14-20(30(32)33)12-13-21(22)36-25-17(4)23(24(31)26-18-8-9-18)27-29(25)19-10-6-15(2)7-11-19/h6-7,10-14,16,18,28H,5,8-9H2,1-4H3,(H,26,31)/t16-/m1/s1. The summed E-state index contributed by atoms with van der Waals surface area (Å²) in [5, 5.41) is 18.8. The van der Waals surface area contributed by atoms with Crippen molar-refractivity contribution in [1.82, 2.24) is 19.8 Å². The molecule has 0 radical (unpaired) electrons. The van der Waals surface area contributed by atoms with Crippen LogP contribution in [0.25, 0.3) is 5.69 Å². The Kier molecular flexibility index (Phi) is 7.32. The van der Waals surface area contributed by atoms with Crippen LogP contribution >= 0.6 is 0 Å². The third-order valence-corrected chi connectivity index (χ3v) is 7.69. The van der Waals surface area contributed by atoms with Crippen molar-refractivity contribution in [1.29, 1.82) is 0 Å². The topological polar surface area (TPSA) is 145 Å². The smallest absolute Gasteiger partial charge is 0.272 e. The van der Waals surface area contributed by atoms with E-state index in [1.807, 2.05) is 26.0 Å². The average Bonchev–Trinajstić information content (AvgIpc) is 3.61. The molecule has 0 aliphatic heterocycles. The van der Waals surface area contributed by atoms with Gasteiger partial charge in [-0.2, -0.15) is 9.78 Å². The number of aryl methyl sites for hydroxylation is 1. The van der Waals surface area contributed by atoms with Gasteiger partial charge in [-0.25, -0.2) is 13.1 Å². The van der Waals surface area contributed by atoms with Crippen LogP contribution in [0.2, 0.25) is 0 Å². The molecular formula is C25H29N5O6S. The summed E-state index contributed by atoms with van der Waals surface area (Å²) < 4.78 is 36.5. The number of carbonyl (C=O) groups excluding carboxylic acids is 1. The van der Waals surface area contributed by atoms with E-state index in [2.05, 4.69) is 15.1 Å². The van der Waals surface area contributed by atoms with Gasteiger partial charge < -0.3 is 10.1 Å². The fraction of sp³-hybridized carbons (Fsp3) is 0.360. The van der Waals surface area contributed by atoms with E-state index in [1.54, 1.807) is 26.0 Å². The van der Waals surface area contributed by atoms with Crippen molar-refractivity contribution in [3.05, 3.63) is 69.4 Å². The van der Waals surface area contributed by atoms with Gasteiger partial charge in [0.2, 0.25) is 15.9 Å². The number of nitro groups is 1. The van der Waals surface area contributed by atoms with Crippen molar-refractivity contribution in [2.24, 2.45) is 0 Å². The van der Waals surface area contributed by atoms with Gasteiger partial charge in [0.15, 0.2) is 5.69 Å². The first-order chi connectivity index (χ1) is 17.5. The molecule has 1 aliphatic rings. The van der Waals surface area contributed by atoms with E-state index in [0.717, 1.165) is 24.5 Å². The van der Waals surface area contributed by atoms with Gasteiger partial charge >= 0.3 is 0 Å². The van der Waals surface area contributed by atoms with Gasteiger partial charge in [-0.3, -0.25) is 14.9 Å². The number of hydrogen-bond donors (Lipinski definition) is 2. The second kappa shape index (κ2) is 10.3. The first-order valence-corrected chi connectivity index (χ1v) is 13.4. The number of hydrogen-bond acceptors (Lipinski definition) is 7. The maximum absolute atomic E-state index is 13.2. The third kappa shape index (κ3) is 5.81. The molecule has 1 fully saturated rings. The largest absolute Gasteiger partial charge is 0.437 e. The molecule has 0 saturated heterocycles. The van der Waals surface area contributed by atoms with Crippen LogP contribution in [0.4, 0.5) is 5.69 Å². The number of non-ortho nitro benzene ring substituents is 1. The molecule has 1 saturated carbocycles. The molecule has 196 valence electrons. The van der Waals surface area contributed by atoms with Gasteiger partial charge in [-0.15, -0.1) is 0 Å². The third-order valence-electron chi connectivity index (χ3n) is 6.08. The van der Waals surface area contributed by atoms with Gasteiger partial charge in [-0.05, 0) is 58.2 Å². The Morgan fingerprint density at radius 1 is 1.22 bits per heavy atom. The van der Waals surface area contributed by atoms with Gasteiger partial charge in [0, 0.05) is 29.8 Å². The van der Waals surface area contributed by atoms with E-state index in [0.29, 0.717) is 17.7 Å². The summed E-state index contributed by atoms with van der Waals surface area (Å²) in [6.07, 6.45) is 2.32. The molecule has 2 N–H and O–H groups in total. The van der Waals surface area contributed by atoms with Crippen LogP contribution in [0.5, 0.6) is 11.6 Å². The number of amides is 1. The second-order valence-electron chi connectivity index (χ2n) is 9.19. The Hall–Kier alpha value is -3.77. The van der Waals surface area contributed by atoms with E-state index in [1.165, 1.54) is 16.8 Å². The van der Waals surface area contributed by atoms with E-state index in [9.17, 15) is 23.3 Å². The minimum Gasteiger partial charge on any atom is -0.437 e. The minimum absolute atomic E-state index is 0.110. The number of rotatable bonds is 10. The molecule has 4 rings (SSSR count). The maximum atomic E-state index is 13.2. The number of benzene rings is 2. The summed E-state index contributed by atoms with van der Waals surface area (Å²) in [5.41, 5.74) is 1.76. The van der Waals surface area contributed by atoms with Crippen LogP contribution in [0.1, 0.15) is 54.7 Å². The molecule has 1 heterocycles. The number of nitrogens with one attached hydrogen (secondary N) is 2. The van der Waals surface area contributed by atoms with Crippen LogP contribution in [0, 0.1) is 24.0 Å². The quantitative estimate of drug-likeness (QED) is 0.297. The zero-order valence-electron chi connectivity index (χ0n) is 21.0. The highest BCUT2D eigenvalue weighted by molar-refractivity contribution is 7.89. The molecule has 1 aliphatic carbocycles. The Labute approximate surface area is 215 Å². The Bertz CT molecular complexity index is 1440. The monoisotopic (exact) mass is 527 g/mol. The van der Waals surface area contributed by atoms with E-state index >= 15 is 0 Å². The predicted molar refractivity (Wildman–Crippen MR) is 137 cm³/mol. The molecule has 37 heavy (non-hydrogen) atoms. The highest BCUT2D eigenvalue weighted by Crippen LogP contribution is 2.36. The molecule has 12 heteroatoms. The number of carbonyl (C=O) groups is 1. The number of nitrogens with zero attached hydrogens (tertiary/aromatic N) is 3. The zero-order chi connectivity index (χ0) is 26.9. The summed E-state index contributed by atoms with van der Waals surface area (Å²) in [5.74, 6) is -0.365. The minimum atomic E-state index is -4.18. The van der Waals surface area contributed by atoms with Gasteiger partial charge in [0.25, 0.3) is 11.6 Å². The highest BCUT2D eigenvalue weighted by atomic mass is 32.2. The van der Waals surface area contributed by atoms with E-state index < -0.39 is 26.7 Å². The van der Waals surface area contributed by atoms with Gasteiger partial charge in [0.1, 0.15) is 10.6 Å². The molecule has 0 unspecified atom stereocenters. The maximum Gasteiger partial charge on any atom is 0.272 e. The first kappa shape index (κ1) is 26.3. The lowest BCUT2D eigenvalue weighted by Crippen LogP contribution is -2.32. The molecule has 1 atom stereocenters. The van der Waals surface area contributed by atoms with Crippen LogP contribution in [-0.2, 0) is 10.0 Å². The molecular weight excluding hydrogens is 498 g/mol. The second-order valence-corrected chi connectivity index (χ2v) is 10.9. The van der Waals surface area contributed by atoms with Crippen molar-refractivity contribution in [2.75, 3.05) is 0 Å². The summed E-state index contributed by atoms with van der Waals surface area (Å²) in [6.45, 7) is 7.10. The Morgan fingerprint density at radius 3 is 2.49 bits per heavy atom. The van der Waals surface area contributed by atoms with Gasteiger partial charge in [0.05, 0.1) is 10.6 Å². The number of sulfonamides is 1. The molecule has 0 bridgehead atoms. The normalized spacial score (nSPS) is 14.3. The highest BCUT2D eigenvalue weighted by Gasteiger charge is 2.30. The molecule has 11 nitrogen and oxygen atoms in total. The molecule has 3 aromatic rings. The molecule has 0 spiro atoms. The van der Waals surface area contributed by atoms with Crippen LogP contribution in [-0.4, -0.2) is 41.1 Å². The fourth-order valence-corrected chi connectivity index (χ4v) is 5.05. The Balaban J connectivity index is 1.84. The average molecular weight is 528 g/mol. The van der Waals surface area contributed by atoms with E-state index in [4.69, 9.17) is 4.74 Å². The molecule has 2 aromatic carbocycles. The van der Waals surface area contributed by atoms with Crippen molar-refractivity contribution in [2.45, 2.75) is 63.9 Å². The van der Waals surface area contributed by atoms with Crippen molar-refractivity contribution < 1.29 is 22.9 Å². The summed E-state index contributed by atoms with van der Waals surface area (Å²) in [6, 6.07) is 10.4. The van der Waals surface area contributed by atoms with Crippen molar-refractivity contribution in [3.63, 3.8) is 0 Å². The van der Waals surface area contributed by atoms with Crippen LogP contribution < -0.4 is 14.8 Å². The SMILES string of the molecule is CC[C@@H](C)NS(=O)(=O)c1cc([N+](=O)[O-])ccc1Oc1c(C)c(C(=O)NC2CC2)nn1-c1ccc(C)cc1. The number of aromatic nitrogens is 2. The fourth-order valence-electron chi connectivity index (χ4n) is 3.58. The lowest BCUT2D eigenvalue weighted by molar-refractivity contribution is -0.385. The summed E-state index contributed by atoms with van der Waals surface area (Å²) in [4.78, 5) is 23.2. The van der Waals surface area contributed by atoms with E-state index in [-0.39, 0.29) is 34.2 Å². The Morgan fingerprint density at radius 2 is 1.89 bits per heavy atom. The molecule has 1 amide bonds. The number of ether oxygens (including phenoxy) is 1. The summed E-state index contributed by atoms with van der Waals surface area (Å²) >= 11 is 0.